The Morgan fingerprint density at radius 3 is 2.73 bits per heavy atom. The van der Waals surface area contributed by atoms with Crippen molar-refractivity contribution in [1.82, 2.24) is 20.0 Å². The predicted molar refractivity (Wildman–Crippen MR) is 96.0 cm³/mol. The van der Waals surface area contributed by atoms with Gasteiger partial charge in [-0.1, -0.05) is 12.1 Å². The van der Waals surface area contributed by atoms with E-state index in [9.17, 15) is 14.3 Å². The highest BCUT2D eigenvalue weighted by molar-refractivity contribution is 5.80. The molecule has 0 unspecified atom stereocenters. The highest BCUT2D eigenvalue weighted by Crippen LogP contribution is 2.35. The molecule has 140 valence electrons. The van der Waals surface area contributed by atoms with Crippen molar-refractivity contribution in [2.24, 2.45) is 7.05 Å². The first kappa shape index (κ1) is 18.5. The lowest BCUT2D eigenvalue weighted by atomic mass is 9.98. The Kier molecular flexibility index (Phi) is 5.11. The number of aliphatic hydroxyl groups excluding tert-OH is 1. The van der Waals surface area contributed by atoms with Crippen molar-refractivity contribution in [3.63, 3.8) is 0 Å². The first-order valence-electron chi connectivity index (χ1n) is 8.72. The Morgan fingerprint density at radius 2 is 2.12 bits per heavy atom. The van der Waals surface area contributed by atoms with Gasteiger partial charge in [0, 0.05) is 44.4 Å². The molecule has 2 aromatic rings. The number of benzene rings is 1. The van der Waals surface area contributed by atoms with Crippen LogP contribution in [-0.2, 0) is 11.8 Å². The molecule has 1 aliphatic heterocycles. The third kappa shape index (κ3) is 3.37. The zero-order chi connectivity index (χ0) is 19.0. The first-order chi connectivity index (χ1) is 12.3. The maximum atomic E-state index is 13.4. The minimum atomic E-state index is -0.844. The molecular formula is C19H25FN4O2. The van der Waals surface area contributed by atoms with E-state index in [0.717, 1.165) is 17.0 Å². The van der Waals surface area contributed by atoms with E-state index in [4.69, 9.17) is 0 Å². The van der Waals surface area contributed by atoms with Crippen molar-refractivity contribution < 1.29 is 14.3 Å². The van der Waals surface area contributed by atoms with Crippen LogP contribution in [0.3, 0.4) is 0 Å². The zero-order valence-electron chi connectivity index (χ0n) is 15.5. The van der Waals surface area contributed by atoms with E-state index < -0.39 is 6.10 Å². The number of aliphatic hydroxyl groups is 1. The van der Waals surface area contributed by atoms with Gasteiger partial charge in [-0.05, 0) is 31.5 Å². The second-order valence-corrected chi connectivity index (χ2v) is 6.95. The van der Waals surface area contributed by atoms with Gasteiger partial charge in [0.25, 0.3) is 0 Å². The zero-order valence-corrected chi connectivity index (χ0v) is 15.5. The van der Waals surface area contributed by atoms with Crippen LogP contribution in [0.1, 0.15) is 41.1 Å². The molecule has 0 saturated carbocycles. The molecule has 0 spiro atoms. The Morgan fingerprint density at radius 1 is 1.38 bits per heavy atom. The lowest BCUT2D eigenvalue weighted by molar-refractivity contribution is -0.127. The molecule has 7 heteroatoms. The second kappa shape index (κ2) is 7.17. The molecule has 3 rings (SSSR count). The van der Waals surface area contributed by atoms with E-state index in [0.29, 0.717) is 12.0 Å². The highest BCUT2D eigenvalue weighted by Gasteiger charge is 2.41. The summed E-state index contributed by atoms with van der Waals surface area (Å²) < 4.78 is 15.2. The number of carbonyl (C=O) groups is 1. The number of halogens is 1. The minimum absolute atomic E-state index is 0.0513. The van der Waals surface area contributed by atoms with Crippen LogP contribution in [0.15, 0.2) is 24.3 Å². The average Bonchev–Trinajstić information content (AvgIpc) is 3.01. The monoisotopic (exact) mass is 360 g/mol. The van der Waals surface area contributed by atoms with Crippen molar-refractivity contribution in [1.29, 1.82) is 0 Å². The maximum absolute atomic E-state index is 13.4. The fraction of sp³-hybridized carbons (Fsp3) is 0.474. The van der Waals surface area contributed by atoms with Crippen LogP contribution in [0.5, 0.6) is 0 Å². The third-order valence-electron chi connectivity index (χ3n) is 5.25. The summed E-state index contributed by atoms with van der Waals surface area (Å²) in [4.78, 5) is 14.0. The van der Waals surface area contributed by atoms with Gasteiger partial charge < -0.3 is 15.3 Å². The number of amides is 1. The van der Waals surface area contributed by atoms with Crippen LogP contribution in [-0.4, -0.2) is 45.3 Å². The highest BCUT2D eigenvalue weighted by atomic mass is 19.1. The molecule has 1 fully saturated rings. The topological polar surface area (TPSA) is 70.4 Å². The van der Waals surface area contributed by atoms with Crippen LogP contribution in [0.2, 0.25) is 0 Å². The van der Waals surface area contributed by atoms with E-state index in [1.165, 1.54) is 12.1 Å². The minimum Gasteiger partial charge on any atom is -0.387 e. The van der Waals surface area contributed by atoms with Crippen molar-refractivity contribution in [2.75, 3.05) is 13.6 Å². The van der Waals surface area contributed by atoms with Gasteiger partial charge in [0.15, 0.2) is 0 Å². The molecule has 2 heterocycles. The SMILES string of the molecule is Cc1nn(C)c(C)c1[C@H]1[C@H](NC[C@H](O)c2cccc(F)c2)CC(=O)N1C. The molecule has 6 nitrogen and oxygen atoms in total. The Hall–Kier alpha value is -2.25. The van der Waals surface area contributed by atoms with Crippen molar-refractivity contribution in [2.45, 2.75) is 38.5 Å². The number of hydrogen-bond acceptors (Lipinski definition) is 4. The van der Waals surface area contributed by atoms with Crippen molar-refractivity contribution >= 4 is 5.91 Å². The number of rotatable bonds is 5. The summed E-state index contributed by atoms with van der Waals surface area (Å²) in [6, 6.07) is 5.65. The van der Waals surface area contributed by atoms with E-state index in [2.05, 4.69) is 10.4 Å². The lowest BCUT2D eigenvalue weighted by Crippen LogP contribution is -2.38. The first-order valence-corrected chi connectivity index (χ1v) is 8.72. The molecule has 3 atom stereocenters. The third-order valence-corrected chi connectivity index (χ3v) is 5.25. The number of carbonyl (C=O) groups excluding carboxylic acids is 1. The van der Waals surface area contributed by atoms with Gasteiger partial charge in [0.05, 0.1) is 17.8 Å². The summed E-state index contributed by atoms with van der Waals surface area (Å²) in [6.45, 7) is 4.17. The molecule has 0 aliphatic carbocycles. The number of aryl methyl sites for hydroxylation is 2. The van der Waals surface area contributed by atoms with Crippen LogP contribution in [0, 0.1) is 19.7 Å². The molecule has 1 saturated heterocycles. The number of likely N-dealkylation sites (tertiary alicyclic amines) is 1. The summed E-state index contributed by atoms with van der Waals surface area (Å²) in [7, 11) is 3.68. The lowest BCUT2D eigenvalue weighted by Gasteiger charge is -2.27. The van der Waals surface area contributed by atoms with Crippen molar-refractivity contribution in [3.05, 3.63) is 52.6 Å². The second-order valence-electron chi connectivity index (χ2n) is 6.95. The molecular weight excluding hydrogens is 335 g/mol. The van der Waals surface area contributed by atoms with E-state index >= 15 is 0 Å². The van der Waals surface area contributed by atoms with Gasteiger partial charge in [0.2, 0.25) is 5.91 Å². The number of hydrogen-bond donors (Lipinski definition) is 2. The fourth-order valence-corrected chi connectivity index (χ4v) is 3.76. The summed E-state index contributed by atoms with van der Waals surface area (Å²) in [6.07, 6.45) is -0.492. The quantitative estimate of drug-likeness (QED) is 0.853. The van der Waals surface area contributed by atoms with Gasteiger partial charge >= 0.3 is 0 Å². The standard InChI is InChI=1S/C19H25FN4O2/c1-11-18(12(2)24(4)22-11)19-15(9-17(26)23(19)3)21-10-16(25)13-6-5-7-14(20)8-13/h5-8,15-16,19,21,25H,9-10H2,1-4H3/t15-,16+,19-/m1/s1. The van der Waals surface area contributed by atoms with Gasteiger partial charge in [-0.25, -0.2) is 4.39 Å². The fourth-order valence-electron chi connectivity index (χ4n) is 3.76. The van der Waals surface area contributed by atoms with Crippen LogP contribution >= 0.6 is 0 Å². The summed E-state index contributed by atoms with van der Waals surface area (Å²) >= 11 is 0. The van der Waals surface area contributed by atoms with E-state index in [-0.39, 0.29) is 30.4 Å². The van der Waals surface area contributed by atoms with Gasteiger partial charge in [-0.3, -0.25) is 9.48 Å². The summed E-state index contributed by atoms with van der Waals surface area (Å²) in [5, 5.41) is 18.1. The molecule has 26 heavy (non-hydrogen) atoms. The van der Waals surface area contributed by atoms with Gasteiger partial charge in [-0.15, -0.1) is 0 Å². The molecule has 1 amide bonds. The van der Waals surface area contributed by atoms with Crippen molar-refractivity contribution in [3.8, 4) is 0 Å². The van der Waals surface area contributed by atoms with Crippen LogP contribution < -0.4 is 5.32 Å². The largest absolute Gasteiger partial charge is 0.387 e. The number of nitrogens with zero attached hydrogens (tertiary/aromatic N) is 3. The predicted octanol–water partition coefficient (Wildman–Crippen LogP) is 1.77. The van der Waals surface area contributed by atoms with E-state index in [1.54, 1.807) is 24.1 Å². The molecule has 2 N–H and O–H groups in total. The number of nitrogens with one attached hydrogen (secondary N) is 1. The molecule has 1 aliphatic rings. The Bertz CT molecular complexity index is 820. The Labute approximate surface area is 152 Å². The maximum Gasteiger partial charge on any atom is 0.224 e. The normalized spacial score (nSPS) is 21.5. The van der Waals surface area contributed by atoms with Gasteiger partial charge in [-0.2, -0.15) is 5.10 Å². The summed E-state index contributed by atoms with van der Waals surface area (Å²) in [5.74, 6) is -0.327. The van der Waals surface area contributed by atoms with Crippen LogP contribution in [0.25, 0.3) is 0 Å². The molecule has 1 aromatic carbocycles. The molecule has 1 aromatic heterocycles. The Balaban J connectivity index is 1.78. The van der Waals surface area contributed by atoms with Crippen LogP contribution in [0.4, 0.5) is 4.39 Å². The molecule has 0 bridgehead atoms. The summed E-state index contributed by atoms with van der Waals surface area (Å²) in [5.41, 5.74) is 3.47. The number of aromatic nitrogens is 2. The van der Waals surface area contributed by atoms with E-state index in [1.807, 2.05) is 25.6 Å². The average molecular weight is 360 g/mol. The molecule has 0 radical (unpaired) electrons. The van der Waals surface area contributed by atoms with Gasteiger partial charge in [0.1, 0.15) is 5.82 Å². The number of likely N-dealkylation sites (N-methyl/N-ethyl adjacent to an activating group) is 1. The smallest absolute Gasteiger partial charge is 0.224 e.